The van der Waals surface area contributed by atoms with Crippen LogP contribution in [0.4, 0.5) is 0 Å². The van der Waals surface area contributed by atoms with Gasteiger partial charge in [-0.25, -0.2) is 0 Å². The summed E-state index contributed by atoms with van der Waals surface area (Å²) in [6.45, 7) is 10.3. The van der Waals surface area contributed by atoms with Crippen LogP contribution in [-0.2, 0) is 6.42 Å². The summed E-state index contributed by atoms with van der Waals surface area (Å²) in [4.78, 5) is 18.4. The number of likely N-dealkylation sites (N-methyl/N-ethyl adjacent to an activating group) is 1. The number of guanidine groups is 1. The van der Waals surface area contributed by atoms with Crippen LogP contribution in [0.15, 0.2) is 29.3 Å². The van der Waals surface area contributed by atoms with Gasteiger partial charge in [-0.15, -0.1) is 0 Å². The molecule has 1 rings (SSSR count). The fourth-order valence-corrected chi connectivity index (χ4v) is 2.78. The molecule has 6 nitrogen and oxygen atoms in total. The van der Waals surface area contributed by atoms with E-state index in [4.69, 9.17) is 0 Å². The van der Waals surface area contributed by atoms with Crippen molar-refractivity contribution < 1.29 is 4.79 Å². The number of nitrogens with zero attached hydrogens (tertiary/aromatic N) is 2. The van der Waals surface area contributed by atoms with Crippen LogP contribution in [0.1, 0.15) is 36.7 Å². The van der Waals surface area contributed by atoms with E-state index in [1.807, 2.05) is 24.3 Å². The van der Waals surface area contributed by atoms with E-state index in [0.29, 0.717) is 11.6 Å². The van der Waals surface area contributed by atoms with Crippen LogP contribution >= 0.6 is 0 Å². The monoisotopic (exact) mass is 347 g/mol. The molecule has 1 atom stereocenters. The van der Waals surface area contributed by atoms with Gasteiger partial charge in [-0.2, -0.15) is 0 Å². The van der Waals surface area contributed by atoms with Gasteiger partial charge in [0.25, 0.3) is 5.91 Å². The highest BCUT2D eigenvalue weighted by atomic mass is 16.1. The van der Waals surface area contributed by atoms with Crippen LogP contribution in [0, 0.1) is 0 Å². The SMILES string of the molecule is CCN(CC)C(C)CNC(=NC)NCCc1cccc(C(=O)NC)c1. The highest BCUT2D eigenvalue weighted by Gasteiger charge is 2.10. The number of hydrogen-bond donors (Lipinski definition) is 3. The Balaban J connectivity index is 2.44. The molecule has 3 N–H and O–H groups in total. The molecule has 0 aromatic heterocycles. The summed E-state index contributed by atoms with van der Waals surface area (Å²) >= 11 is 0. The topological polar surface area (TPSA) is 68.8 Å². The summed E-state index contributed by atoms with van der Waals surface area (Å²) in [6.07, 6.45) is 0.830. The van der Waals surface area contributed by atoms with Crippen molar-refractivity contribution in [1.29, 1.82) is 0 Å². The maximum atomic E-state index is 11.7. The predicted octanol–water partition coefficient (Wildman–Crippen LogP) is 1.48. The normalized spacial score (nSPS) is 12.8. The molecule has 1 aromatic rings. The lowest BCUT2D eigenvalue weighted by atomic mass is 10.1. The van der Waals surface area contributed by atoms with Crippen molar-refractivity contribution in [3.63, 3.8) is 0 Å². The third-order valence-electron chi connectivity index (χ3n) is 4.35. The first kappa shape index (κ1) is 21.0. The second-order valence-corrected chi connectivity index (χ2v) is 5.98. The van der Waals surface area contributed by atoms with Crippen LogP contribution in [0.3, 0.4) is 0 Å². The van der Waals surface area contributed by atoms with Gasteiger partial charge in [0.05, 0.1) is 0 Å². The highest BCUT2D eigenvalue weighted by Crippen LogP contribution is 2.05. The summed E-state index contributed by atoms with van der Waals surface area (Å²) in [7, 11) is 3.43. The summed E-state index contributed by atoms with van der Waals surface area (Å²) in [5, 5.41) is 9.36. The zero-order chi connectivity index (χ0) is 18.7. The van der Waals surface area contributed by atoms with Crippen molar-refractivity contribution in [2.24, 2.45) is 4.99 Å². The molecule has 25 heavy (non-hydrogen) atoms. The lowest BCUT2D eigenvalue weighted by Crippen LogP contribution is -2.46. The summed E-state index contributed by atoms with van der Waals surface area (Å²) in [6, 6.07) is 8.16. The van der Waals surface area contributed by atoms with Gasteiger partial charge in [-0.3, -0.25) is 14.7 Å². The molecule has 0 radical (unpaired) electrons. The van der Waals surface area contributed by atoms with Crippen molar-refractivity contribution in [2.75, 3.05) is 40.3 Å². The molecule has 0 heterocycles. The second-order valence-electron chi connectivity index (χ2n) is 5.98. The third kappa shape index (κ3) is 7.13. The number of nitrogens with one attached hydrogen (secondary N) is 3. The van der Waals surface area contributed by atoms with E-state index >= 15 is 0 Å². The van der Waals surface area contributed by atoms with Gasteiger partial charge in [-0.05, 0) is 44.1 Å². The van der Waals surface area contributed by atoms with E-state index in [2.05, 4.69) is 46.6 Å². The minimum absolute atomic E-state index is 0.0577. The number of rotatable bonds is 9. The summed E-state index contributed by atoms with van der Waals surface area (Å²) in [5.41, 5.74) is 1.82. The van der Waals surface area contributed by atoms with Crippen LogP contribution in [0.25, 0.3) is 0 Å². The standard InChI is InChI=1S/C19H33N5O/c1-6-24(7-2)15(3)14-23-19(21-5)22-12-11-16-9-8-10-17(13-16)18(25)20-4/h8-10,13,15H,6-7,11-12,14H2,1-5H3,(H,20,25)(H2,21,22,23). The van der Waals surface area contributed by atoms with Crippen LogP contribution in [0.5, 0.6) is 0 Å². The molecule has 1 aromatic carbocycles. The first-order valence-corrected chi connectivity index (χ1v) is 9.05. The van der Waals surface area contributed by atoms with Crippen LogP contribution in [0.2, 0.25) is 0 Å². The van der Waals surface area contributed by atoms with Crippen molar-refractivity contribution in [3.05, 3.63) is 35.4 Å². The Hall–Kier alpha value is -2.08. The van der Waals surface area contributed by atoms with E-state index in [-0.39, 0.29) is 5.91 Å². The average molecular weight is 348 g/mol. The Morgan fingerprint density at radius 1 is 1.24 bits per heavy atom. The number of benzene rings is 1. The smallest absolute Gasteiger partial charge is 0.251 e. The van der Waals surface area contributed by atoms with Crippen LogP contribution < -0.4 is 16.0 Å². The van der Waals surface area contributed by atoms with E-state index in [1.54, 1.807) is 14.1 Å². The van der Waals surface area contributed by atoms with E-state index in [0.717, 1.165) is 44.1 Å². The van der Waals surface area contributed by atoms with Gasteiger partial charge in [0.2, 0.25) is 0 Å². The largest absolute Gasteiger partial charge is 0.356 e. The molecule has 0 fully saturated rings. The van der Waals surface area contributed by atoms with Gasteiger partial charge in [0.1, 0.15) is 0 Å². The molecule has 0 bridgehead atoms. The number of carbonyl (C=O) groups excluding carboxylic acids is 1. The number of aliphatic imine (C=N–C) groups is 1. The van der Waals surface area contributed by atoms with Crippen LogP contribution in [-0.4, -0.2) is 63.1 Å². The van der Waals surface area contributed by atoms with Crippen molar-refractivity contribution in [1.82, 2.24) is 20.9 Å². The zero-order valence-electron chi connectivity index (χ0n) is 16.2. The Morgan fingerprint density at radius 2 is 1.96 bits per heavy atom. The molecular formula is C19H33N5O. The molecule has 140 valence electrons. The van der Waals surface area contributed by atoms with Crippen molar-refractivity contribution in [2.45, 2.75) is 33.2 Å². The van der Waals surface area contributed by atoms with Gasteiger partial charge in [-0.1, -0.05) is 26.0 Å². The molecule has 0 saturated carbocycles. The zero-order valence-corrected chi connectivity index (χ0v) is 16.2. The third-order valence-corrected chi connectivity index (χ3v) is 4.35. The van der Waals surface area contributed by atoms with E-state index < -0.39 is 0 Å². The summed E-state index contributed by atoms with van der Waals surface area (Å²) < 4.78 is 0. The maximum absolute atomic E-state index is 11.7. The molecular weight excluding hydrogens is 314 g/mol. The number of carbonyl (C=O) groups is 1. The Kier molecular flexibility index (Phi) is 9.62. The molecule has 0 aliphatic rings. The summed E-state index contributed by atoms with van der Waals surface area (Å²) in [5.74, 6) is 0.749. The molecule has 1 amide bonds. The first-order chi connectivity index (χ1) is 12.0. The second kappa shape index (κ2) is 11.5. The molecule has 1 unspecified atom stereocenters. The van der Waals surface area contributed by atoms with Gasteiger partial charge in [0, 0.05) is 38.8 Å². The van der Waals surface area contributed by atoms with Gasteiger partial charge in [0.15, 0.2) is 5.96 Å². The average Bonchev–Trinajstić information content (AvgIpc) is 2.65. The fourth-order valence-electron chi connectivity index (χ4n) is 2.78. The molecule has 0 spiro atoms. The number of amides is 1. The van der Waals surface area contributed by atoms with Gasteiger partial charge < -0.3 is 16.0 Å². The quantitative estimate of drug-likeness (QED) is 0.468. The lowest BCUT2D eigenvalue weighted by Gasteiger charge is -2.27. The predicted molar refractivity (Wildman–Crippen MR) is 105 cm³/mol. The maximum Gasteiger partial charge on any atom is 0.251 e. The molecule has 0 aliphatic carbocycles. The van der Waals surface area contributed by atoms with E-state index in [9.17, 15) is 4.79 Å². The molecule has 0 saturated heterocycles. The minimum Gasteiger partial charge on any atom is -0.356 e. The number of hydrogen-bond acceptors (Lipinski definition) is 3. The minimum atomic E-state index is -0.0577. The highest BCUT2D eigenvalue weighted by molar-refractivity contribution is 5.94. The Morgan fingerprint density at radius 3 is 2.56 bits per heavy atom. The first-order valence-electron chi connectivity index (χ1n) is 9.05. The molecule has 0 aliphatic heterocycles. The lowest BCUT2D eigenvalue weighted by molar-refractivity contribution is 0.0963. The Bertz CT molecular complexity index is 555. The van der Waals surface area contributed by atoms with E-state index in [1.165, 1.54) is 0 Å². The van der Waals surface area contributed by atoms with Crippen molar-refractivity contribution >= 4 is 11.9 Å². The fraction of sp³-hybridized carbons (Fsp3) is 0.579. The molecule has 6 heteroatoms. The van der Waals surface area contributed by atoms with Crippen molar-refractivity contribution in [3.8, 4) is 0 Å². The van der Waals surface area contributed by atoms with Gasteiger partial charge >= 0.3 is 0 Å². The Labute approximate surface area is 152 Å².